The van der Waals surface area contributed by atoms with Crippen molar-refractivity contribution in [3.05, 3.63) is 46.6 Å². The first-order chi connectivity index (χ1) is 14.2. The molecule has 6 nitrogen and oxygen atoms in total. The van der Waals surface area contributed by atoms with Gasteiger partial charge in [0.15, 0.2) is 5.65 Å². The van der Waals surface area contributed by atoms with Gasteiger partial charge in [0, 0.05) is 41.0 Å². The first-order valence-electron chi connectivity index (χ1n) is 10.3. The van der Waals surface area contributed by atoms with Crippen molar-refractivity contribution in [3.8, 4) is 11.3 Å². The number of aromatic nitrogens is 3. The number of aliphatic carboxylic acids is 1. The number of fused-ring (bicyclic) bond motifs is 1. The Kier molecular flexibility index (Phi) is 5.22. The molecule has 1 aromatic carbocycles. The molecule has 7 heteroatoms. The Balaban J connectivity index is 1.90. The largest absolute Gasteiger partial charge is 0.481 e. The molecule has 0 aliphatic carbocycles. The van der Waals surface area contributed by atoms with E-state index in [9.17, 15) is 9.90 Å². The number of benzene rings is 1. The molecule has 1 saturated heterocycles. The van der Waals surface area contributed by atoms with Crippen LogP contribution in [0.15, 0.2) is 30.3 Å². The third-order valence-electron chi connectivity index (χ3n) is 6.03. The summed E-state index contributed by atoms with van der Waals surface area (Å²) < 4.78 is 1.89. The third kappa shape index (κ3) is 3.54. The fourth-order valence-corrected chi connectivity index (χ4v) is 4.58. The lowest BCUT2D eigenvalue weighted by Crippen LogP contribution is -2.47. The van der Waals surface area contributed by atoms with Gasteiger partial charge < -0.3 is 10.0 Å². The van der Waals surface area contributed by atoms with E-state index < -0.39 is 11.4 Å². The molecule has 30 heavy (non-hydrogen) atoms. The molecule has 3 heterocycles. The van der Waals surface area contributed by atoms with E-state index in [-0.39, 0.29) is 5.92 Å². The maximum absolute atomic E-state index is 11.9. The Morgan fingerprint density at radius 2 is 1.97 bits per heavy atom. The van der Waals surface area contributed by atoms with Crippen LogP contribution in [0.4, 0.5) is 5.82 Å². The number of aryl methyl sites for hydroxylation is 1. The number of carboxylic acids is 1. The minimum absolute atomic E-state index is 0.234. The van der Waals surface area contributed by atoms with Crippen molar-refractivity contribution in [1.29, 1.82) is 0 Å². The number of piperidine rings is 1. The van der Waals surface area contributed by atoms with Gasteiger partial charge in [-0.3, -0.25) is 4.79 Å². The molecule has 0 saturated carbocycles. The molecule has 3 aromatic rings. The predicted molar refractivity (Wildman–Crippen MR) is 119 cm³/mol. The molecule has 1 atom stereocenters. The van der Waals surface area contributed by atoms with Gasteiger partial charge in [0.2, 0.25) is 0 Å². The summed E-state index contributed by atoms with van der Waals surface area (Å²) in [4.78, 5) is 19.0. The van der Waals surface area contributed by atoms with Crippen molar-refractivity contribution in [2.45, 2.75) is 46.5 Å². The molecule has 0 bridgehead atoms. The summed E-state index contributed by atoms with van der Waals surface area (Å²) in [5.41, 5.74) is 3.84. The van der Waals surface area contributed by atoms with Crippen LogP contribution in [0, 0.1) is 12.3 Å². The van der Waals surface area contributed by atoms with E-state index in [1.54, 1.807) is 0 Å². The van der Waals surface area contributed by atoms with Gasteiger partial charge in [0.25, 0.3) is 0 Å². The summed E-state index contributed by atoms with van der Waals surface area (Å²) >= 11 is 6.04. The second-order valence-corrected chi connectivity index (χ2v) is 9.22. The number of halogens is 1. The zero-order chi connectivity index (χ0) is 21.6. The molecule has 158 valence electrons. The summed E-state index contributed by atoms with van der Waals surface area (Å²) in [6.45, 7) is 9.40. The number of rotatable bonds is 4. The number of nitrogens with zero attached hydrogens (tertiary/aromatic N) is 4. The van der Waals surface area contributed by atoms with E-state index in [1.807, 2.05) is 48.7 Å². The zero-order valence-corrected chi connectivity index (χ0v) is 18.6. The minimum Gasteiger partial charge on any atom is -0.481 e. The van der Waals surface area contributed by atoms with Crippen molar-refractivity contribution in [3.63, 3.8) is 0 Å². The van der Waals surface area contributed by atoms with Crippen LogP contribution in [0.2, 0.25) is 5.02 Å². The number of anilines is 1. The van der Waals surface area contributed by atoms with Gasteiger partial charge in [0.05, 0.1) is 11.1 Å². The highest BCUT2D eigenvalue weighted by Gasteiger charge is 2.39. The molecule has 4 rings (SSSR count). The van der Waals surface area contributed by atoms with E-state index >= 15 is 0 Å². The predicted octanol–water partition coefficient (Wildman–Crippen LogP) is 5.17. The Bertz CT molecular complexity index is 1110. The summed E-state index contributed by atoms with van der Waals surface area (Å²) in [5.74, 6) is 0.445. The van der Waals surface area contributed by atoms with Gasteiger partial charge in [-0.15, -0.1) is 0 Å². The van der Waals surface area contributed by atoms with Crippen molar-refractivity contribution < 1.29 is 9.90 Å². The maximum Gasteiger partial charge on any atom is 0.311 e. The molecule has 0 spiro atoms. The standard InChI is InChI=1S/C23H27ClN4O2/c1-14(2)20-15(3)25-19-12-18(16-6-8-17(24)9-7-16)26-28(19)21(20)27-11-5-10-23(4,13-27)22(29)30/h6-9,12,14H,5,10-11,13H2,1-4H3,(H,29,30)/t23-/m1/s1. The third-order valence-corrected chi connectivity index (χ3v) is 6.29. The fraction of sp³-hybridized carbons (Fsp3) is 0.435. The van der Waals surface area contributed by atoms with E-state index in [0.717, 1.165) is 46.9 Å². The van der Waals surface area contributed by atoms with Crippen LogP contribution < -0.4 is 4.90 Å². The normalized spacial score (nSPS) is 19.6. The van der Waals surface area contributed by atoms with Crippen LogP contribution in [0.5, 0.6) is 0 Å². The molecule has 1 aliphatic rings. The van der Waals surface area contributed by atoms with Crippen molar-refractivity contribution in [1.82, 2.24) is 14.6 Å². The van der Waals surface area contributed by atoms with Crippen LogP contribution in [0.1, 0.15) is 50.8 Å². The Morgan fingerprint density at radius 3 is 2.60 bits per heavy atom. The van der Waals surface area contributed by atoms with Crippen molar-refractivity contribution in [2.75, 3.05) is 18.0 Å². The van der Waals surface area contributed by atoms with Gasteiger partial charge in [-0.2, -0.15) is 9.61 Å². The lowest BCUT2D eigenvalue weighted by molar-refractivity contribution is -0.148. The molecule has 1 N–H and O–H groups in total. The van der Waals surface area contributed by atoms with Crippen LogP contribution in [-0.4, -0.2) is 38.8 Å². The second kappa shape index (κ2) is 7.58. The molecule has 1 fully saturated rings. The quantitative estimate of drug-likeness (QED) is 0.622. The molecule has 0 unspecified atom stereocenters. The Labute approximate surface area is 181 Å². The number of carbonyl (C=O) groups is 1. The van der Waals surface area contributed by atoms with Gasteiger partial charge in [0.1, 0.15) is 5.82 Å². The van der Waals surface area contributed by atoms with E-state index in [4.69, 9.17) is 21.7 Å². The number of hydrogen-bond acceptors (Lipinski definition) is 4. The van der Waals surface area contributed by atoms with Gasteiger partial charge in [-0.1, -0.05) is 37.6 Å². The van der Waals surface area contributed by atoms with Gasteiger partial charge in [-0.25, -0.2) is 4.98 Å². The van der Waals surface area contributed by atoms with Crippen LogP contribution in [-0.2, 0) is 4.79 Å². The smallest absolute Gasteiger partial charge is 0.311 e. The van der Waals surface area contributed by atoms with Crippen LogP contribution in [0.3, 0.4) is 0 Å². The highest BCUT2D eigenvalue weighted by Crippen LogP contribution is 2.37. The fourth-order valence-electron chi connectivity index (χ4n) is 4.45. The van der Waals surface area contributed by atoms with E-state index in [1.165, 1.54) is 0 Å². The van der Waals surface area contributed by atoms with Crippen LogP contribution in [0.25, 0.3) is 16.9 Å². The lowest BCUT2D eigenvalue weighted by Gasteiger charge is -2.40. The first-order valence-corrected chi connectivity index (χ1v) is 10.7. The summed E-state index contributed by atoms with van der Waals surface area (Å²) in [5, 5.41) is 15.4. The highest BCUT2D eigenvalue weighted by molar-refractivity contribution is 6.30. The Hall–Kier alpha value is -2.60. The minimum atomic E-state index is -0.776. The average molecular weight is 427 g/mol. The lowest BCUT2D eigenvalue weighted by atomic mass is 9.81. The molecule has 0 radical (unpaired) electrons. The number of carboxylic acid groups (broad SMARTS) is 1. The van der Waals surface area contributed by atoms with Crippen LogP contribution >= 0.6 is 11.6 Å². The van der Waals surface area contributed by atoms with Gasteiger partial charge in [-0.05, 0) is 44.7 Å². The SMILES string of the molecule is Cc1nc2cc(-c3ccc(Cl)cc3)nn2c(N2CCC[C@@](C)(C(=O)O)C2)c1C(C)C. The zero-order valence-electron chi connectivity index (χ0n) is 17.8. The maximum atomic E-state index is 11.9. The Morgan fingerprint density at radius 1 is 1.27 bits per heavy atom. The van der Waals surface area contributed by atoms with Gasteiger partial charge >= 0.3 is 5.97 Å². The average Bonchev–Trinajstić information content (AvgIpc) is 3.10. The molecule has 2 aromatic heterocycles. The molecular weight excluding hydrogens is 400 g/mol. The topological polar surface area (TPSA) is 70.7 Å². The van der Waals surface area contributed by atoms with Crippen molar-refractivity contribution in [2.24, 2.45) is 5.41 Å². The summed E-state index contributed by atoms with van der Waals surface area (Å²) in [6, 6.07) is 9.57. The van der Waals surface area contributed by atoms with E-state index in [2.05, 4.69) is 18.7 Å². The molecular formula is C23H27ClN4O2. The van der Waals surface area contributed by atoms with E-state index in [0.29, 0.717) is 18.0 Å². The highest BCUT2D eigenvalue weighted by atomic mass is 35.5. The summed E-state index contributed by atoms with van der Waals surface area (Å²) in [7, 11) is 0. The summed E-state index contributed by atoms with van der Waals surface area (Å²) in [6.07, 6.45) is 1.51. The monoisotopic (exact) mass is 426 g/mol. The second-order valence-electron chi connectivity index (χ2n) is 8.79. The molecule has 1 aliphatic heterocycles. The molecule has 0 amide bonds. The van der Waals surface area contributed by atoms with Crippen molar-refractivity contribution >= 4 is 29.0 Å². The number of hydrogen-bond donors (Lipinski definition) is 1. The first kappa shape index (κ1) is 20.7.